The van der Waals surface area contributed by atoms with Crippen LogP contribution in [-0.4, -0.2) is 18.2 Å². The second-order valence-electron chi connectivity index (χ2n) is 3.21. The van der Waals surface area contributed by atoms with Gasteiger partial charge in [0.1, 0.15) is 5.78 Å². The number of ketones is 1. The highest BCUT2D eigenvalue weighted by Gasteiger charge is 2.04. The quantitative estimate of drug-likeness (QED) is 0.845. The predicted molar refractivity (Wildman–Crippen MR) is 64.0 cm³/mol. The second-order valence-corrected chi connectivity index (χ2v) is 5.12. The Labute approximate surface area is 101 Å². The van der Waals surface area contributed by atoms with Gasteiger partial charge in [0.15, 0.2) is 0 Å². The highest BCUT2D eigenvalue weighted by atomic mass is 79.9. The zero-order valence-corrected chi connectivity index (χ0v) is 10.8. The van der Waals surface area contributed by atoms with Crippen molar-refractivity contribution in [3.8, 4) is 0 Å². The Kier molecular flexibility index (Phi) is 4.98. The van der Waals surface area contributed by atoms with Gasteiger partial charge >= 0.3 is 0 Å². The Balaban J connectivity index is 2.22. The molecule has 1 aromatic rings. The standard InChI is InChI=1S/C10H12BrNO2S/c1-7(13)4-10(14)12-3-2-9-5-8(11)6-15-9/h5-6H,2-4H2,1H3,(H,12,14). The zero-order chi connectivity index (χ0) is 11.3. The van der Waals surface area contributed by atoms with Gasteiger partial charge in [-0.25, -0.2) is 0 Å². The maximum absolute atomic E-state index is 11.1. The number of amides is 1. The van der Waals surface area contributed by atoms with Crippen molar-refractivity contribution in [1.82, 2.24) is 5.32 Å². The molecule has 0 aliphatic rings. The number of carbonyl (C=O) groups excluding carboxylic acids is 2. The van der Waals surface area contributed by atoms with Gasteiger partial charge in [0, 0.05) is 21.3 Å². The summed E-state index contributed by atoms with van der Waals surface area (Å²) in [5, 5.41) is 4.71. The Morgan fingerprint density at radius 2 is 2.27 bits per heavy atom. The molecule has 1 rings (SSSR count). The van der Waals surface area contributed by atoms with E-state index < -0.39 is 0 Å². The molecule has 0 bridgehead atoms. The summed E-state index contributed by atoms with van der Waals surface area (Å²) in [6, 6.07) is 2.03. The van der Waals surface area contributed by atoms with Crippen molar-refractivity contribution in [2.45, 2.75) is 19.8 Å². The van der Waals surface area contributed by atoms with Crippen LogP contribution in [0.4, 0.5) is 0 Å². The Hall–Kier alpha value is -0.680. The third-order valence-electron chi connectivity index (χ3n) is 1.72. The molecule has 0 spiro atoms. The summed E-state index contributed by atoms with van der Waals surface area (Å²) in [5.41, 5.74) is 0. The van der Waals surface area contributed by atoms with E-state index in [1.165, 1.54) is 11.8 Å². The topological polar surface area (TPSA) is 46.2 Å². The third kappa shape index (κ3) is 5.09. The fraction of sp³-hybridized carbons (Fsp3) is 0.400. The molecule has 0 aromatic carbocycles. The number of hydrogen-bond acceptors (Lipinski definition) is 3. The van der Waals surface area contributed by atoms with E-state index in [0.29, 0.717) is 6.54 Å². The lowest BCUT2D eigenvalue weighted by Gasteiger charge is -2.01. The molecule has 0 saturated carbocycles. The first kappa shape index (κ1) is 12.4. The number of carbonyl (C=O) groups is 2. The monoisotopic (exact) mass is 289 g/mol. The Morgan fingerprint density at radius 3 is 2.80 bits per heavy atom. The Morgan fingerprint density at radius 1 is 1.53 bits per heavy atom. The van der Waals surface area contributed by atoms with Crippen LogP contribution in [0.15, 0.2) is 15.9 Å². The number of hydrogen-bond donors (Lipinski definition) is 1. The highest BCUT2D eigenvalue weighted by Crippen LogP contribution is 2.19. The van der Waals surface area contributed by atoms with Gasteiger partial charge in [-0.15, -0.1) is 11.3 Å². The van der Waals surface area contributed by atoms with E-state index in [1.807, 2.05) is 11.4 Å². The van der Waals surface area contributed by atoms with Crippen molar-refractivity contribution in [3.05, 3.63) is 20.8 Å². The van der Waals surface area contributed by atoms with Crippen LogP contribution in [0, 0.1) is 0 Å². The molecule has 0 aliphatic heterocycles. The number of thiophene rings is 1. The molecule has 82 valence electrons. The largest absolute Gasteiger partial charge is 0.355 e. The lowest BCUT2D eigenvalue weighted by molar-refractivity contribution is -0.127. The first-order valence-electron chi connectivity index (χ1n) is 4.57. The summed E-state index contributed by atoms with van der Waals surface area (Å²) in [5.74, 6) is -0.301. The van der Waals surface area contributed by atoms with E-state index in [4.69, 9.17) is 0 Å². The fourth-order valence-corrected chi connectivity index (χ4v) is 2.55. The maximum Gasteiger partial charge on any atom is 0.227 e. The van der Waals surface area contributed by atoms with Gasteiger partial charge in [0.05, 0.1) is 6.42 Å². The van der Waals surface area contributed by atoms with E-state index in [2.05, 4.69) is 21.2 Å². The van der Waals surface area contributed by atoms with Gasteiger partial charge in [-0.3, -0.25) is 9.59 Å². The minimum atomic E-state index is -0.196. The van der Waals surface area contributed by atoms with Crippen LogP contribution in [-0.2, 0) is 16.0 Å². The van der Waals surface area contributed by atoms with Gasteiger partial charge < -0.3 is 5.32 Å². The van der Waals surface area contributed by atoms with Crippen LogP contribution < -0.4 is 5.32 Å². The minimum Gasteiger partial charge on any atom is -0.355 e. The molecule has 1 heterocycles. The predicted octanol–water partition coefficient (Wildman–Crippen LogP) is 2.15. The molecule has 1 aromatic heterocycles. The Bertz CT molecular complexity index is 362. The maximum atomic E-state index is 11.1. The number of nitrogens with one attached hydrogen (secondary N) is 1. The van der Waals surface area contributed by atoms with Gasteiger partial charge in [-0.2, -0.15) is 0 Å². The van der Waals surface area contributed by atoms with Gasteiger partial charge in [0.2, 0.25) is 5.91 Å². The van der Waals surface area contributed by atoms with Crippen molar-refractivity contribution in [2.75, 3.05) is 6.54 Å². The molecule has 0 atom stereocenters. The molecule has 3 nitrogen and oxygen atoms in total. The summed E-state index contributed by atoms with van der Waals surface area (Å²) in [7, 11) is 0. The molecule has 0 saturated heterocycles. The van der Waals surface area contributed by atoms with Crippen LogP contribution in [0.3, 0.4) is 0 Å². The first-order chi connectivity index (χ1) is 7.08. The van der Waals surface area contributed by atoms with Crippen molar-refractivity contribution in [1.29, 1.82) is 0 Å². The highest BCUT2D eigenvalue weighted by molar-refractivity contribution is 9.10. The molecule has 5 heteroatoms. The summed E-state index contributed by atoms with van der Waals surface area (Å²) in [4.78, 5) is 22.9. The third-order valence-corrected chi connectivity index (χ3v) is 3.48. The van der Waals surface area contributed by atoms with Crippen molar-refractivity contribution >= 4 is 39.0 Å². The van der Waals surface area contributed by atoms with Crippen molar-refractivity contribution in [3.63, 3.8) is 0 Å². The SMILES string of the molecule is CC(=O)CC(=O)NCCc1cc(Br)cs1. The zero-order valence-electron chi connectivity index (χ0n) is 8.38. The minimum absolute atomic E-state index is 0.0197. The second kappa shape index (κ2) is 6.02. The molecule has 0 radical (unpaired) electrons. The molecule has 1 amide bonds. The average Bonchev–Trinajstić information content (AvgIpc) is 2.50. The lowest BCUT2D eigenvalue weighted by Crippen LogP contribution is -2.26. The summed E-state index contributed by atoms with van der Waals surface area (Å²) < 4.78 is 1.07. The summed E-state index contributed by atoms with van der Waals surface area (Å²) >= 11 is 5.01. The number of halogens is 1. The van der Waals surface area contributed by atoms with Crippen LogP contribution >= 0.6 is 27.3 Å². The molecular formula is C10H12BrNO2S. The summed E-state index contributed by atoms with van der Waals surface area (Å²) in [6.07, 6.45) is 0.786. The normalized spacial score (nSPS) is 10.0. The van der Waals surface area contributed by atoms with Crippen LogP contribution in [0.2, 0.25) is 0 Å². The smallest absolute Gasteiger partial charge is 0.227 e. The van der Waals surface area contributed by atoms with Crippen molar-refractivity contribution < 1.29 is 9.59 Å². The van der Waals surface area contributed by atoms with Gasteiger partial charge in [-0.05, 0) is 35.3 Å². The van der Waals surface area contributed by atoms with Crippen LogP contribution in [0.1, 0.15) is 18.2 Å². The van der Waals surface area contributed by atoms with Gasteiger partial charge in [0.25, 0.3) is 0 Å². The molecule has 1 N–H and O–H groups in total. The molecular weight excluding hydrogens is 278 g/mol. The number of Topliss-reactive ketones (excluding diaryl/α,β-unsaturated/α-hetero) is 1. The van der Waals surface area contributed by atoms with E-state index in [1.54, 1.807) is 11.3 Å². The van der Waals surface area contributed by atoms with E-state index in [0.717, 1.165) is 10.9 Å². The fourth-order valence-electron chi connectivity index (χ4n) is 1.10. The molecule has 0 aliphatic carbocycles. The number of rotatable bonds is 5. The van der Waals surface area contributed by atoms with E-state index in [9.17, 15) is 9.59 Å². The average molecular weight is 290 g/mol. The summed E-state index contributed by atoms with van der Waals surface area (Å²) in [6.45, 7) is 2.00. The van der Waals surface area contributed by atoms with Crippen LogP contribution in [0.25, 0.3) is 0 Å². The lowest BCUT2D eigenvalue weighted by atomic mass is 10.3. The molecule has 15 heavy (non-hydrogen) atoms. The van der Waals surface area contributed by atoms with Crippen molar-refractivity contribution in [2.24, 2.45) is 0 Å². The molecule has 0 unspecified atom stereocenters. The molecule has 0 fully saturated rings. The first-order valence-corrected chi connectivity index (χ1v) is 6.24. The van der Waals surface area contributed by atoms with Gasteiger partial charge in [-0.1, -0.05) is 0 Å². The van der Waals surface area contributed by atoms with E-state index >= 15 is 0 Å². The van der Waals surface area contributed by atoms with E-state index in [-0.39, 0.29) is 18.1 Å². The van der Waals surface area contributed by atoms with Crippen LogP contribution in [0.5, 0.6) is 0 Å².